The number of benzene rings is 2. The zero-order valence-corrected chi connectivity index (χ0v) is 30.6. The van der Waals surface area contributed by atoms with Crippen LogP contribution in [0.3, 0.4) is 0 Å². The van der Waals surface area contributed by atoms with Gasteiger partial charge in [0, 0.05) is 65.9 Å². The molecule has 2 atom stereocenters. The van der Waals surface area contributed by atoms with Crippen molar-refractivity contribution in [1.82, 2.24) is 38.9 Å². The van der Waals surface area contributed by atoms with E-state index >= 15 is 0 Å². The number of piperidine rings is 2. The van der Waals surface area contributed by atoms with Crippen LogP contribution in [-0.4, -0.2) is 86.8 Å². The number of carbonyl (C=O) groups is 1. The van der Waals surface area contributed by atoms with Crippen molar-refractivity contribution in [3.8, 4) is 27.6 Å². The van der Waals surface area contributed by atoms with E-state index in [1.54, 1.807) is 41.8 Å². The molecule has 2 aliphatic heterocycles. The van der Waals surface area contributed by atoms with Gasteiger partial charge in [0.1, 0.15) is 17.1 Å². The van der Waals surface area contributed by atoms with Crippen LogP contribution in [0.15, 0.2) is 90.2 Å². The summed E-state index contributed by atoms with van der Waals surface area (Å²) in [5.74, 6) is 0.131. The van der Waals surface area contributed by atoms with Gasteiger partial charge in [-0.3, -0.25) is 24.0 Å². The Hall–Kier alpha value is -5.24. The number of aryl methyl sites for hydroxylation is 2. The number of phenols is 1. The molecular formula is C40H42N8O4S. The molecule has 6 aromatic rings. The SMILES string of the molecule is Cc1ccc(-c2nc(C)c(CN3CCC(C(=O)N4CCC(O)(Cn5cnn6c(-c7ccc(O)cc7)cnc6c5=O)CC4)C(c4ccccc4)C3)s2)cn1. The fourth-order valence-electron chi connectivity index (χ4n) is 7.69. The summed E-state index contributed by atoms with van der Waals surface area (Å²) < 4.78 is 2.89. The lowest BCUT2D eigenvalue weighted by Gasteiger charge is -2.43. The van der Waals surface area contributed by atoms with Crippen LogP contribution in [-0.2, 0) is 17.9 Å². The van der Waals surface area contributed by atoms with Crippen LogP contribution in [0.4, 0.5) is 0 Å². The zero-order chi connectivity index (χ0) is 36.7. The Morgan fingerprint density at radius 3 is 2.43 bits per heavy atom. The van der Waals surface area contributed by atoms with Crippen LogP contribution in [0.5, 0.6) is 5.75 Å². The number of hydrogen-bond acceptors (Lipinski definition) is 10. The molecule has 0 aliphatic carbocycles. The molecule has 2 saturated heterocycles. The van der Waals surface area contributed by atoms with Gasteiger partial charge >= 0.3 is 0 Å². The number of nitrogens with zero attached hydrogens (tertiary/aromatic N) is 8. The summed E-state index contributed by atoms with van der Waals surface area (Å²) in [5.41, 5.74) is 4.20. The molecule has 13 heteroatoms. The molecule has 0 saturated carbocycles. The molecule has 2 unspecified atom stereocenters. The van der Waals surface area contributed by atoms with Gasteiger partial charge in [-0.05, 0) is 81.6 Å². The maximum Gasteiger partial charge on any atom is 0.296 e. The fourth-order valence-corrected chi connectivity index (χ4v) is 8.79. The first kappa shape index (κ1) is 34.8. The quantitative estimate of drug-likeness (QED) is 0.220. The predicted molar refractivity (Wildman–Crippen MR) is 202 cm³/mol. The average molecular weight is 731 g/mol. The topological polar surface area (TPSA) is 142 Å². The minimum Gasteiger partial charge on any atom is -0.508 e. The summed E-state index contributed by atoms with van der Waals surface area (Å²) in [7, 11) is 0. The number of pyridine rings is 1. The van der Waals surface area contributed by atoms with Gasteiger partial charge in [-0.25, -0.2) is 14.5 Å². The van der Waals surface area contributed by atoms with Gasteiger partial charge in [0.15, 0.2) is 0 Å². The van der Waals surface area contributed by atoms with E-state index in [-0.39, 0.29) is 41.2 Å². The first-order valence-corrected chi connectivity index (χ1v) is 18.9. The van der Waals surface area contributed by atoms with E-state index in [2.05, 4.69) is 45.1 Å². The van der Waals surface area contributed by atoms with E-state index in [0.29, 0.717) is 31.6 Å². The smallest absolute Gasteiger partial charge is 0.296 e. The van der Waals surface area contributed by atoms with Crippen LogP contribution in [0.1, 0.15) is 47.0 Å². The van der Waals surface area contributed by atoms with Crippen LogP contribution in [0.25, 0.3) is 27.5 Å². The number of phenolic OH excluding ortho intramolecular Hbond substituents is 1. The van der Waals surface area contributed by atoms with Crippen molar-refractivity contribution in [2.45, 2.75) is 57.7 Å². The highest BCUT2D eigenvalue weighted by Crippen LogP contribution is 2.37. The maximum atomic E-state index is 14.3. The molecule has 272 valence electrons. The third-order valence-electron chi connectivity index (χ3n) is 10.8. The molecule has 2 fully saturated rings. The lowest BCUT2D eigenvalue weighted by atomic mass is 9.79. The number of hydrogen-bond donors (Lipinski definition) is 2. The van der Waals surface area contributed by atoms with Crippen molar-refractivity contribution in [2.75, 3.05) is 26.2 Å². The van der Waals surface area contributed by atoms with Gasteiger partial charge in [0.05, 0.1) is 29.7 Å². The van der Waals surface area contributed by atoms with Gasteiger partial charge in [0.2, 0.25) is 11.6 Å². The summed E-state index contributed by atoms with van der Waals surface area (Å²) in [6, 6.07) is 21.0. The van der Waals surface area contributed by atoms with E-state index in [4.69, 9.17) is 4.98 Å². The Balaban J connectivity index is 0.936. The lowest BCUT2D eigenvalue weighted by Crippen LogP contribution is -2.53. The van der Waals surface area contributed by atoms with Crippen LogP contribution >= 0.6 is 11.3 Å². The number of fused-ring (bicyclic) bond motifs is 1. The molecule has 2 aromatic carbocycles. The molecule has 4 aromatic heterocycles. The third kappa shape index (κ3) is 7.11. The van der Waals surface area contributed by atoms with Gasteiger partial charge < -0.3 is 15.1 Å². The molecule has 2 N–H and O–H groups in total. The van der Waals surface area contributed by atoms with E-state index in [1.807, 2.05) is 42.3 Å². The second-order valence-electron chi connectivity index (χ2n) is 14.4. The first-order chi connectivity index (χ1) is 25.6. The van der Waals surface area contributed by atoms with E-state index in [9.17, 15) is 19.8 Å². The molecule has 8 rings (SSSR count). The lowest BCUT2D eigenvalue weighted by molar-refractivity contribution is -0.142. The Kier molecular flexibility index (Phi) is 9.39. The highest BCUT2D eigenvalue weighted by Gasteiger charge is 2.41. The fraction of sp³-hybridized carbons (Fsp3) is 0.350. The number of rotatable bonds is 8. The highest BCUT2D eigenvalue weighted by molar-refractivity contribution is 7.15. The zero-order valence-electron chi connectivity index (χ0n) is 29.8. The summed E-state index contributed by atoms with van der Waals surface area (Å²) in [5, 5.41) is 26.8. The Bertz CT molecular complexity index is 2290. The molecular weight excluding hydrogens is 689 g/mol. The summed E-state index contributed by atoms with van der Waals surface area (Å²) in [6.07, 6.45) is 6.33. The number of aliphatic hydroxyl groups is 1. The van der Waals surface area contributed by atoms with Crippen molar-refractivity contribution in [3.05, 3.63) is 118 Å². The molecule has 53 heavy (non-hydrogen) atoms. The van der Waals surface area contributed by atoms with Crippen molar-refractivity contribution in [1.29, 1.82) is 0 Å². The minimum absolute atomic E-state index is 0.0321. The van der Waals surface area contributed by atoms with Crippen molar-refractivity contribution >= 4 is 22.9 Å². The van der Waals surface area contributed by atoms with E-state index in [1.165, 1.54) is 20.3 Å². The van der Waals surface area contributed by atoms with E-state index < -0.39 is 5.60 Å². The van der Waals surface area contributed by atoms with Crippen LogP contribution in [0, 0.1) is 19.8 Å². The first-order valence-electron chi connectivity index (χ1n) is 18.0. The van der Waals surface area contributed by atoms with Crippen LogP contribution < -0.4 is 5.56 Å². The van der Waals surface area contributed by atoms with Crippen molar-refractivity contribution in [3.63, 3.8) is 0 Å². The number of aromatic nitrogens is 6. The van der Waals surface area contributed by atoms with Crippen molar-refractivity contribution < 1.29 is 15.0 Å². The highest BCUT2D eigenvalue weighted by atomic mass is 32.1. The average Bonchev–Trinajstić information content (AvgIpc) is 3.77. The minimum atomic E-state index is -1.17. The largest absolute Gasteiger partial charge is 0.508 e. The summed E-state index contributed by atoms with van der Waals surface area (Å²) in [4.78, 5) is 46.9. The number of aromatic hydroxyl groups is 1. The maximum absolute atomic E-state index is 14.3. The number of likely N-dealkylation sites (tertiary alicyclic amines) is 2. The molecule has 6 heterocycles. The Labute approximate surface area is 311 Å². The third-order valence-corrected chi connectivity index (χ3v) is 12.0. The monoisotopic (exact) mass is 730 g/mol. The molecule has 2 aliphatic rings. The molecule has 0 bridgehead atoms. The summed E-state index contributed by atoms with van der Waals surface area (Å²) >= 11 is 1.71. The van der Waals surface area contributed by atoms with E-state index in [0.717, 1.165) is 59.1 Å². The number of carbonyl (C=O) groups excluding carboxylic acids is 1. The van der Waals surface area contributed by atoms with Gasteiger partial charge in [0.25, 0.3) is 5.56 Å². The summed E-state index contributed by atoms with van der Waals surface area (Å²) in [6.45, 7) is 7.27. The van der Waals surface area contributed by atoms with Gasteiger partial charge in [-0.1, -0.05) is 30.3 Å². The normalized spacial score (nSPS) is 19.1. The van der Waals surface area contributed by atoms with Crippen LogP contribution in [0.2, 0.25) is 0 Å². The molecule has 0 spiro atoms. The molecule has 1 amide bonds. The number of imidazole rings is 1. The Morgan fingerprint density at radius 2 is 1.70 bits per heavy atom. The second-order valence-corrected chi connectivity index (χ2v) is 15.5. The molecule has 0 radical (unpaired) electrons. The van der Waals surface area contributed by atoms with Crippen molar-refractivity contribution in [2.24, 2.45) is 5.92 Å². The standard InChI is InChI=1S/C40H42N8O4S/c1-26-8-9-30(20-41-26)37-44-27(2)35(53-37)23-45-17-14-32(33(22-45)28-6-4-3-5-7-28)38(50)46-18-15-40(52,16-19-46)24-47-25-43-48-34(21-42-36(48)39(47)51)29-10-12-31(49)13-11-29/h3-13,20-21,25,32-33,49,52H,14-19,22-24H2,1-2H3. The predicted octanol–water partition coefficient (Wildman–Crippen LogP) is 5.06. The second kappa shape index (κ2) is 14.3. The Morgan fingerprint density at radius 1 is 0.943 bits per heavy atom. The number of thiazole rings is 1. The molecule has 12 nitrogen and oxygen atoms in total. The number of amides is 1. The van der Waals surface area contributed by atoms with Gasteiger partial charge in [-0.2, -0.15) is 5.10 Å². The van der Waals surface area contributed by atoms with Gasteiger partial charge in [-0.15, -0.1) is 11.3 Å².